The van der Waals surface area contributed by atoms with Gasteiger partial charge in [0, 0.05) is 17.1 Å². The van der Waals surface area contributed by atoms with Gasteiger partial charge in [-0.2, -0.15) is 0 Å². The van der Waals surface area contributed by atoms with Crippen LogP contribution >= 0.6 is 11.6 Å². The van der Waals surface area contributed by atoms with Gasteiger partial charge in [0.25, 0.3) is 0 Å². The first-order chi connectivity index (χ1) is 8.20. The number of likely N-dealkylation sites (N-methyl/N-ethyl adjacent to an activating group) is 1. The van der Waals surface area contributed by atoms with E-state index in [2.05, 4.69) is 5.32 Å². The van der Waals surface area contributed by atoms with Crippen molar-refractivity contribution in [3.63, 3.8) is 0 Å². The highest BCUT2D eigenvalue weighted by molar-refractivity contribution is 6.30. The van der Waals surface area contributed by atoms with Crippen LogP contribution in [0.2, 0.25) is 5.02 Å². The van der Waals surface area contributed by atoms with Crippen LogP contribution in [0.4, 0.5) is 0 Å². The molecule has 1 aliphatic heterocycles. The monoisotopic (exact) mass is 254 g/mol. The fraction of sp³-hybridized carbons (Fsp3) is 0.417. The van der Waals surface area contributed by atoms with Crippen molar-refractivity contribution >= 4 is 17.5 Å². The van der Waals surface area contributed by atoms with Crippen LogP contribution in [0.1, 0.15) is 5.56 Å². The number of fused-ring (bicyclic) bond motifs is 1. The SMILES string of the molecule is CNCC(=O)N1CCOc2ccc(Cl)cc2C1. The van der Waals surface area contributed by atoms with E-state index in [0.717, 1.165) is 11.3 Å². The highest BCUT2D eigenvalue weighted by atomic mass is 35.5. The lowest BCUT2D eigenvalue weighted by Crippen LogP contribution is -2.37. The predicted octanol–water partition coefficient (Wildman–Crippen LogP) is 1.28. The van der Waals surface area contributed by atoms with Gasteiger partial charge in [0.1, 0.15) is 12.4 Å². The minimum atomic E-state index is 0.0731. The summed E-state index contributed by atoms with van der Waals surface area (Å²) < 4.78 is 5.59. The average molecular weight is 255 g/mol. The van der Waals surface area contributed by atoms with E-state index in [9.17, 15) is 4.79 Å². The molecule has 1 aliphatic rings. The Labute approximate surface area is 106 Å². The Hall–Kier alpha value is -1.26. The highest BCUT2D eigenvalue weighted by Crippen LogP contribution is 2.26. The molecule has 0 unspecified atom stereocenters. The first-order valence-corrected chi connectivity index (χ1v) is 5.92. The molecule has 0 saturated carbocycles. The number of hydrogen-bond acceptors (Lipinski definition) is 3. The van der Waals surface area contributed by atoms with Crippen LogP contribution in [0.15, 0.2) is 18.2 Å². The number of rotatable bonds is 2. The molecule has 5 heteroatoms. The Balaban J connectivity index is 2.18. The van der Waals surface area contributed by atoms with Crippen molar-refractivity contribution in [2.24, 2.45) is 0 Å². The lowest BCUT2D eigenvalue weighted by atomic mass is 10.2. The van der Waals surface area contributed by atoms with Gasteiger partial charge in [-0.25, -0.2) is 0 Å². The summed E-state index contributed by atoms with van der Waals surface area (Å²) >= 11 is 5.95. The van der Waals surface area contributed by atoms with Crippen LogP contribution in [-0.2, 0) is 11.3 Å². The zero-order valence-electron chi connectivity index (χ0n) is 9.70. The number of halogens is 1. The molecule has 0 radical (unpaired) electrons. The van der Waals surface area contributed by atoms with Gasteiger partial charge in [0.05, 0.1) is 13.1 Å². The Bertz CT molecular complexity index is 423. The summed E-state index contributed by atoms with van der Waals surface area (Å²) in [5.74, 6) is 0.887. The Kier molecular flexibility index (Phi) is 3.86. The third kappa shape index (κ3) is 2.90. The van der Waals surface area contributed by atoms with Crippen molar-refractivity contribution in [1.29, 1.82) is 0 Å². The van der Waals surface area contributed by atoms with E-state index < -0.39 is 0 Å². The summed E-state index contributed by atoms with van der Waals surface area (Å²) in [6.45, 7) is 2.02. The first-order valence-electron chi connectivity index (χ1n) is 5.54. The number of hydrogen-bond donors (Lipinski definition) is 1. The predicted molar refractivity (Wildman–Crippen MR) is 66.3 cm³/mol. The van der Waals surface area contributed by atoms with Crippen LogP contribution in [0.5, 0.6) is 5.75 Å². The summed E-state index contributed by atoms with van der Waals surface area (Å²) in [5.41, 5.74) is 0.958. The molecule has 1 amide bonds. The van der Waals surface area contributed by atoms with E-state index in [1.807, 2.05) is 12.1 Å². The van der Waals surface area contributed by atoms with E-state index in [0.29, 0.717) is 31.3 Å². The number of benzene rings is 1. The molecule has 0 spiro atoms. The second-order valence-corrected chi connectivity index (χ2v) is 4.38. The summed E-state index contributed by atoms with van der Waals surface area (Å²) in [4.78, 5) is 13.6. The van der Waals surface area contributed by atoms with Crippen molar-refractivity contribution in [1.82, 2.24) is 10.2 Å². The minimum Gasteiger partial charge on any atom is -0.491 e. The van der Waals surface area contributed by atoms with Gasteiger partial charge >= 0.3 is 0 Å². The maximum Gasteiger partial charge on any atom is 0.236 e. The molecule has 0 saturated heterocycles. The number of nitrogens with zero attached hydrogens (tertiary/aromatic N) is 1. The number of carbonyl (C=O) groups excluding carboxylic acids is 1. The summed E-state index contributed by atoms with van der Waals surface area (Å²) in [7, 11) is 1.76. The quantitative estimate of drug-likeness (QED) is 0.865. The van der Waals surface area contributed by atoms with Gasteiger partial charge in [-0.1, -0.05) is 11.6 Å². The molecule has 92 valence electrons. The lowest BCUT2D eigenvalue weighted by Gasteiger charge is -2.19. The topological polar surface area (TPSA) is 41.6 Å². The highest BCUT2D eigenvalue weighted by Gasteiger charge is 2.19. The first kappa shape index (κ1) is 12.2. The Morgan fingerprint density at radius 2 is 2.41 bits per heavy atom. The smallest absolute Gasteiger partial charge is 0.236 e. The molecule has 0 aliphatic carbocycles. The van der Waals surface area contributed by atoms with Gasteiger partial charge in [0.2, 0.25) is 5.91 Å². The Morgan fingerprint density at radius 3 is 3.18 bits per heavy atom. The van der Waals surface area contributed by atoms with Crippen LogP contribution in [-0.4, -0.2) is 37.6 Å². The molecule has 17 heavy (non-hydrogen) atoms. The van der Waals surface area contributed by atoms with Gasteiger partial charge in [-0.15, -0.1) is 0 Å². The average Bonchev–Trinajstić information content (AvgIpc) is 2.50. The molecular weight excluding hydrogens is 240 g/mol. The molecule has 2 rings (SSSR count). The molecule has 4 nitrogen and oxygen atoms in total. The number of nitrogens with one attached hydrogen (secondary N) is 1. The largest absolute Gasteiger partial charge is 0.491 e. The molecule has 1 heterocycles. The molecule has 0 fully saturated rings. The maximum atomic E-state index is 11.8. The van der Waals surface area contributed by atoms with Crippen LogP contribution in [0.3, 0.4) is 0 Å². The third-order valence-corrected chi connectivity index (χ3v) is 2.92. The number of carbonyl (C=O) groups is 1. The minimum absolute atomic E-state index is 0.0731. The van der Waals surface area contributed by atoms with E-state index in [4.69, 9.17) is 16.3 Å². The molecule has 0 bridgehead atoms. The van der Waals surface area contributed by atoms with Gasteiger partial charge in [-0.05, 0) is 25.2 Å². The summed E-state index contributed by atoms with van der Waals surface area (Å²) in [6, 6.07) is 5.50. The molecule has 1 N–H and O–H groups in total. The van der Waals surface area contributed by atoms with Crippen molar-refractivity contribution in [2.75, 3.05) is 26.7 Å². The molecule has 0 atom stereocenters. The molecule has 1 aromatic rings. The van der Waals surface area contributed by atoms with E-state index >= 15 is 0 Å². The second-order valence-electron chi connectivity index (χ2n) is 3.95. The fourth-order valence-electron chi connectivity index (χ4n) is 1.84. The molecule has 0 aromatic heterocycles. The normalized spacial score (nSPS) is 14.8. The maximum absolute atomic E-state index is 11.8. The van der Waals surface area contributed by atoms with Crippen molar-refractivity contribution in [2.45, 2.75) is 6.54 Å². The van der Waals surface area contributed by atoms with Crippen LogP contribution in [0.25, 0.3) is 0 Å². The van der Waals surface area contributed by atoms with Gasteiger partial charge in [-0.3, -0.25) is 4.79 Å². The van der Waals surface area contributed by atoms with Gasteiger partial charge in [0.15, 0.2) is 0 Å². The zero-order chi connectivity index (χ0) is 12.3. The van der Waals surface area contributed by atoms with E-state index in [1.165, 1.54) is 0 Å². The molecular formula is C12H15ClN2O2. The van der Waals surface area contributed by atoms with E-state index in [-0.39, 0.29) is 5.91 Å². The Morgan fingerprint density at radius 1 is 1.59 bits per heavy atom. The number of ether oxygens (including phenoxy) is 1. The lowest BCUT2D eigenvalue weighted by molar-refractivity contribution is -0.130. The summed E-state index contributed by atoms with van der Waals surface area (Å²) in [6.07, 6.45) is 0. The fourth-order valence-corrected chi connectivity index (χ4v) is 2.03. The summed E-state index contributed by atoms with van der Waals surface area (Å²) in [5, 5.41) is 3.52. The second kappa shape index (κ2) is 5.38. The third-order valence-electron chi connectivity index (χ3n) is 2.68. The standard InChI is InChI=1S/C12H15ClN2O2/c1-14-7-12(16)15-4-5-17-11-3-2-10(13)6-9(11)8-15/h2-3,6,14H,4-5,7-8H2,1H3. The van der Waals surface area contributed by atoms with Gasteiger partial charge < -0.3 is 15.0 Å². The van der Waals surface area contributed by atoms with Crippen LogP contribution < -0.4 is 10.1 Å². The number of amides is 1. The van der Waals surface area contributed by atoms with Crippen molar-refractivity contribution in [3.05, 3.63) is 28.8 Å². The van der Waals surface area contributed by atoms with Crippen LogP contribution in [0, 0.1) is 0 Å². The molecule has 1 aromatic carbocycles. The van der Waals surface area contributed by atoms with Crippen molar-refractivity contribution in [3.8, 4) is 5.75 Å². The van der Waals surface area contributed by atoms with E-state index in [1.54, 1.807) is 18.0 Å². The van der Waals surface area contributed by atoms with Crippen molar-refractivity contribution < 1.29 is 9.53 Å². The zero-order valence-corrected chi connectivity index (χ0v) is 10.5.